The quantitative estimate of drug-likeness (QED) is 0.647. The van der Waals surface area contributed by atoms with Crippen LogP contribution in [0.1, 0.15) is 24.0 Å². The molecule has 7 heteroatoms. The van der Waals surface area contributed by atoms with Crippen molar-refractivity contribution in [1.82, 2.24) is 0 Å². The zero-order valence-corrected chi connectivity index (χ0v) is 12.1. The minimum Gasteiger partial charge on any atom is -0.508 e. The molecule has 0 radical (unpaired) electrons. The van der Waals surface area contributed by atoms with Crippen LogP contribution >= 0.6 is 7.82 Å². The van der Waals surface area contributed by atoms with Gasteiger partial charge in [0.1, 0.15) is 17.2 Å². The molecule has 6 nitrogen and oxygen atoms in total. The number of hydrogen-bond acceptors (Lipinski definition) is 4. The van der Waals surface area contributed by atoms with Crippen molar-refractivity contribution < 1.29 is 29.1 Å². The van der Waals surface area contributed by atoms with Gasteiger partial charge in [0.15, 0.2) is 0 Å². The van der Waals surface area contributed by atoms with E-state index in [0.717, 1.165) is 0 Å². The normalized spacial score (nSPS) is 12.9. The fourth-order valence-electron chi connectivity index (χ4n) is 2.14. The minimum atomic E-state index is -4.74. The van der Waals surface area contributed by atoms with E-state index in [2.05, 4.69) is 4.52 Å². The zero-order chi connectivity index (χ0) is 15.6. The number of benzene rings is 2. The van der Waals surface area contributed by atoms with Gasteiger partial charge in [-0.15, -0.1) is 0 Å². The summed E-state index contributed by atoms with van der Waals surface area (Å²) in [7, 11) is -4.74. The van der Waals surface area contributed by atoms with Crippen molar-refractivity contribution in [2.75, 3.05) is 0 Å². The van der Waals surface area contributed by atoms with Gasteiger partial charge in [-0.2, -0.15) is 0 Å². The standard InChI is InChI=1S/C14H15O6P/c1-9(10-4-2-5-11(15)8-10)14-12(16)6-3-7-13(14)20-21(17,18)19/h2-9,15-16H,1H3,(H2,17,18,19). The lowest BCUT2D eigenvalue weighted by molar-refractivity contribution is 0.281. The van der Waals surface area contributed by atoms with Crippen molar-refractivity contribution in [3.8, 4) is 17.2 Å². The Morgan fingerprint density at radius 1 is 1.10 bits per heavy atom. The van der Waals surface area contributed by atoms with Crippen LogP contribution in [-0.2, 0) is 4.57 Å². The summed E-state index contributed by atoms with van der Waals surface area (Å²) in [5.41, 5.74) is 0.915. The molecule has 0 amide bonds. The molecule has 2 aromatic carbocycles. The maximum absolute atomic E-state index is 11.0. The lowest BCUT2D eigenvalue weighted by Crippen LogP contribution is -2.01. The van der Waals surface area contributed by atoms with Gasteiger partial charge >= 0.3 is 7.82 Å². The third-order valence-electron chi connectivity index (χ3n) is 3.06. The van der Waals surface area contributed by atoms with Crippen LogP contribution in [0.15, 0.2) is 42.5 Å². The first-order chi connectivity index (χ1) is 9.78. The summed E-state index contributed by atoms with van der Waals surface area (Å²) in [6.07, 6.45) is 0. The smallest absolute Gasteiger partial charge is 0.508 e. The first kappa shape index (κ1) is 15.4. The van der Waals surface area contributed by atoms with Crippen LogP contribution in [0.25, 0.3) is 0 Å². The monoisotopic (exact) mass is 310 g/mol. The molecule has 0 bridgehead atoms. The van der Waals surface area contributed by atoms with Crippen LogP contribution in [0, 0.1) is 0 Å². The molecule has 21 heavy (non-hydrogen) atoms. The highest BCUT2D eigenvalue weighted by Crippen LogP contribution is 2.45. The number of hydrogen-bond donors (Lipinski definition) is 4. The summed E-state index contributed by atoms with van der Waals surface area (Å²) in [4.78, 5) is 17.9. The molecule has 0 aromatic heterocycles. The summed E-state index contributed by atoms with van der Waals surface area (Å²) < 4.78 is 15.7. The second-order valence-corrected chi connectivity index (χ2v) is 5.75. The Morgan fingerprint density at radius 3 is 2.38 bits per heavy atom. The second-order valence-electron chi connectivity index (χ2n) is 4.59. The summed E-state index contributed by atoms with van der Waals surface area (Å²) in [5.74, 6) is -0.608. The number of rotatable bonds is 4. The summed E-state index contributed by atoms with van der Waals surface area (Å²) in [5, 5.41) is 19.5. The van der Waals surface area contributed by atoms with Crippen LogP contribution in [0.5, 0.6) is 17.2 Å². The second kappa shape index (κ2) is 5.77. The van der Waals surface area contributed by atoms with Crippen LogP contribution < -0.4 is 4.52 Å². The van der Waals surface area contributed by atoms with E-state index < -0.39 is 13.7 Å². The van der Waals surface area contributed by atoms with Crippen LogP contribution in [0.4, 0.5) is 0 Å². The van der Waals surface area contributed by atoms with E-state index >= 15 is 0 Å². The largest absolute Gasteiger partial charge is 0.524 e. The Balaban J connectivity index is 2.49. The predicted molar refractivity (Wildman–Crippen MR) is 76.4 cm³/mol. The van der Waals surface area contributed by atoms with Crippen molar-refractivity contribution >= 4 is 7.82 Å². The number of phosphoric acid groups is 1. The van der Waals surface area contributed by atoms with Gasteiger partial charge in [-0.25, -0.2) is 4.57 Å². The topological polar surface area (TPSA) is 107 Å². The third-order valence-corrected chi connectivity index (χ3v) is 3.50. The molecule has 0 aliphatic rings. The highest BCUT2D eigenvalue weighted by Gasteiger charge is 2.24. The molecule has 0 saturated heterocycles. The summed E-state index contributed by atoms with van der Waals surface area (Å²) >= 11 is 0. The highest BCUT2D eigenvalue weighted by atomic mass is 31.2. The SMILES string of the molecule is CC(c1cccc(O)c1)c1c(O)cccc1OP(=O)(O)O. The number of phenols is 2. The molecule has 0 saturated carbocycles. The number of phenolic OH excluding ortho intramolecular Hbond substituents is 2. The average Bonchev–Trinajstić information content (AvgIpc) is 2.36. The minimum absolute atomic E-state index is 0.0622. The molecule has 0 spiro atoms. The number of aromatic hydroxyl groups is 2. The van der Waals surface area contributed by atoms with Gasteiger partial charge in [-0.05, 0) is 29.8 Å². The van der Waals surface area contributed by atoms with Crippen molar-refractivity contribution in [2.45, 2.75) is 12.8 Å². The Labute approximate surface area is 121 Å². The van der Waals surface area contributed by atoms with Crippen LogP contribution in [0.3, 0.4) is 0 Å². The molecule has 0 aliphatic carbocycles. The fraction of sp³-hybridized carbons (Fsp3) is 0.143. The zero-order valence-electron chi connectivity index (χ0n) is 11.2. The van der Waals surface area contributed by atoms with Gasteiger partial charge in [-0.3, -0.25) is 9.79 Å². The van der Waals surface area contributed by atoms with E-state index in [0.29, 0.717) is 5.56 Å². The van der Waals surface area contributed by atoms with Gasteiger partial charge in [0.2, 0.25) is 0 Å². The van der Waals surface area contributed by atoms with Gasteiger partial charge in [0.05, 0.1) is 0 Å². The third kappa shape index (κ3) is 3.76. The van der Waals surface area contributed by atoms with E-state index in [9.17, 15) is 14.8 Å². The van der Waals surface area contributed by atoms with Crippen molar-refractivity contribution in [1.29, 1.82) is 0 Å². The molecule has 0 aliphatic heterocycles. The van der Waals surface area contributed by atoms with Gasteiger partial charge in [0.25, 0.3) is 0 Å². The molecular formula is C14H15O6P. The molecule has 1 atom stereocenters. The van der Waals surface area contributed by atoms with Crippen molar-refractivity contribution in [3.05, 3.63) is 53.6 Å². The predicted octanol–water partition coefficient (Wildman–Crippen LogP) is 2.72. The van der Waals surface area contributed by atoms with Crippen molar-refractivity contribution in [2.24, 2.45) is 0 Å². The van der Waals surface area contributed by atoms with Crippen LogP contribution in [-0.4, -0.2) is 20.0 Å². The molecule has 2 rings (SSSR count). The highest BCUT2D eigenvalue weighted by molar-refractivity contribution is 7.46. The summed E-state index contributed by atoms with van der Waals surface area (Å²) in [6.45, 7) is 1.73. The van der Waals surface area contributed by atoms with Gasteiger partial charge in [0, 0.05) is 11.5 Å². The fourth-order valence-corrected chi connectivity index (χ4v) is 2.55. The van der Waals surface area contributed by atoms with Gasteiger partial charge < -0.3 is 14.7 Å². The Morgan fingerprint density at radius 2 is 1.76 bits per heavy atom. The maximum Gasteiger partial charge on any atom is 0.524 e. The van der Waals surface area contributed by atoms with E-state index in [1.165, 1.54) is 30.3 Å². The first-order valence-corrected chi connectivity index (χ1v) is 7.67. The lowest BCUT2D eigenvalue weighted by Gasteiger charge is -2.19. The van der Waals surface area contributed by atoms with Crippen molar-refractivity contribution in [3.63, 3.8) is 0 Å². The average molecular weight is 310 g/mol. The van der Waals surface area contributed by atoms with Gasteiger partial charge in [-0.1, -0.05) is 25.1 Å². The Hall–Kier alpha value is -2.01. The molecule has 0 fully saturated rings. The lowest BCUT2D eigenvalue weighted by atomic mass is 9.91. The van der Waals surface area contributed by atoms with E-state index in [-0.39, 0.29) is 22.8 Å². The maximum atomic E-state index is 11.0. The molecule has 112 valence electrons. The molecule has 1 unspecified atom stereocenters. The van der Waals surface area contributed by atoms with E-state index in [4.69, 9.17) is 9.79 Å². The van der Waals surface area contributed by atoms with E-state index in [1.807, 2.05) is 0 Å². The summed E-state index contributed by atoms with van der Waals surface area (Å²) in [6, 6.07) is 10.6. The molecule has 4 N–H and O–H groups in total. The Kier molecular flexibility index (Phi) is 4.23. The Bertz CT molecular complexity index is 694. The first-order valence-electron chi connectivity index (χ1n) is 6.14. The van der Waals surface area contributed by atoms with E-state index in [1.54, 1.807) is 19.1 Å². The molecule has 0 heterocycles. The van der Waals surface area contributed by atoms with Crippen LogP contribution in [0.2, 0.25) is 0 Å². The number of phosphoric ester groups is 1. The molecular weight excluding hydrogens is 295 g/mol. The molecule has 2 aromatic rings.